The van der Waals surface area contributed by atoms with Crippen LogP contribution in [-0.4, -0.2) is 41.9 Å². The van der Waals surface area contributed by atoms with Crippen LogP contribution in [0.3, 0.4) is 0 Å². The molecule has 0 amide bonds. The molecule has 156 valence electrons. The van der Waals surface area contributed by atoms with Gasteiger partial charge in [0, 0.05) is 17.7 Å². The highest BCUT2D eigenvalue weighted by atomic mass is 31.2. The predicted molar refractivity (Wildman–Crippen MR) is 111 cm³/mol. The Morgan fingerprint density at radius 1 is 0.857 bits per heavy atom. The van der Waals surface area contributed by atoms with Crippen molar-refractivity contribution in [3.63, 3.8) is 0 Å². The first kappa shape index (κ1) is 24.8. The van der Waals surface area contributed by atoms with E-state index in [1.165, 1.54) is 0 Å². The minimum absolute atomic E-state index is 0. The molecule has 0 bridgehead atoms. The maximum absolute atomic E-state index is 13.0. The maximum Gasteiger partial charge on any atom is 0.361 e. The van der Waals surface area contributed by atoms with Crippen molar-refractivity contribution < 1.29 is 28.1 Å². The molecule has 2 aromatic heterocycles. The summed E-state index contributed by atoms with van der Waals surface area (Å²) in [5, 5.41) is 1.36. The highest BCUT2D eigenvalue weighted by molar-refractivity contribution is 7.62. The summed E-state index contributed by atoms with van der Waals surface area (Å²) in [7, 11) is -4.56. The molecule has 0 saturated heterocycles. The minimum atomic E-state index is -3.38. The fourth-order valence-electron chi connectivity index (χ4n) is 2.35. The van der Waals surface area contributed by atoms with Gasteiger partial charge in [-0.2, -0.15) is 0 Å². The largest absolute Gasteiger partial charge is 0.412 e. The fourth-order valence-corrected chi connectivity index (χ4v) is 5.19. The number of rotatable bonds is 11. The van der Waals surface area contributed by atoms with Crippen LogP contribution >= 0.6 is 16.0 Å². The van der Waals surface area contributed by atoms with Crippen LogP contribution < -0.4 is 10.6 Å². The van der Waals surface area contributed by atoms with Crippen LogP contribution in [0.5, 0.6) is 0 Å². The van der Waals surface area contributed by atoms with Crippen LogP contribution in [0, 0.1) is 0 Å². The Kier molecular flexibility index (Phi) is 10.9. The molecule has 28 heavy (non-hydrogen) atoms. The predicted octanol–water partition coefficient (Wildman–Crippen LogP) is 3.22. The molecule has 0 aliphatic carbocycles. The highest BCUT2D eigenvalue weighted by Gasteiger charge is 2.27. The van der Waals surface area contributed by atoms with E-state index in [9.17, 15) is 4.57 Å². The lowest BCUT2D eigenvalue weighted by Gasteiger charge is -2.18. The number of nitrogens with zero attached hydrogens (tertiary/aromatic N) is 2. The Bertz CT molecular complexity index is 761. The zero-order valence-electron chi connectivity index (χ0n) is 16.6. The summed E-state index contributed by atoms with van der Waals surface area (Å²) in [6.07, 6.45) is 3.27. The van der Waals surface area contributed by atoms with Crippen LogP contribution in [-0.2, 0) is 22.7 Å². The molecule has 0 fully saturated rings. The van der Waals surface area contributed by atoms with E-state index in [-0.39, 0.29) is 18.7 Å². The van der Waals surface area contributed by atoms with E-state index in [0.717, 1.165) is 5.30 Å². The van der Waals surface area contributed by atoms with Gasteiger partial charge in [-0.25, -0.2) is 0 Å². The van der Waals surface area contributed by atoms with Crippen molar-refractivity contribution in [3.05, 3.63) is 36.7 Å². The summed E-state index contributed by atoms with van der Waals surface area (Å²) >= 11 is 0. The van der Waals surface area contributed by atoms with Crippen LogP contribution in [0.2, 0.25) is 0 Å². The molecular weight excluding hydrogens is 402 g/mol. The van der Waals surface area contributed by atoms with Crippen LogP contribution in [0.1, 0.15) is 27.7 Å². The molecule has 0 unspecified atom stereocenters. The quantitative estimate of drug-likeness (QED) is 0.503. The lowest BCUT2D eigenvalue weighted by molar-refractivity contribution is 0.230. The summed E-state index contributed by atoms with van der Waals surface area (Å²) in [6, 6.07) is 7.10. The van der Waals surface area contributed by atoms with E-state index in [2.05, 4.69) is 9.97 Å². The zero-order valence-corrected chi connectivity index (χ0v) is 18.4. The standard InChI is InChI=1S/C18H26N2O5P2.H2O/c1-5-22-26(23-6-2)15-9-11-19-17(13-15)18-14-16(10-12-20-18)27(21,24-7-3)25-8-4;/h9-14H,5-8H2,1-4H3;1H2. The van der Waals surface area contributed by atoms with Gasteiger partial charge >= 0.3 is 7.60 Å². The third-order valence-electron chi connectivity index (χ3n) is 3.37. The molecule has 0 aliphatic rings. The van der Waals surface area contributed by atoms with Gasteiger partial charge in [-0.1, -0.05) is 0 Å². The Balaban J connectivity index is 0.00000392. The van der Waals surface area contributed by atoms with E-state index >= 15 is 0 Å². The van der Waals surface area contributed by atoms with Crippen molar-refractivity contribution in [3.8, 4) is 11.4 Å². The summed E-state index contributed by atoms with van der Waals surface area (Å²) in [5.74, 6) is 0. The van der Waals surface area contributed by atoms with E-state index in [1.807, 2.05) is 26.0 Å². The molecule has 2 aromatic rings. The Morgan fingerprint density at radius 2 is 1.39 bits per heavy atom. The summed E-state index contributed by atoms with van der Waals surface area (Å²) in [4.78, 5) is 8.76. The van der Waals surface area contributed by atoms with Gasteiger partial charge in [0.2, 0.25) is 8.38 Å². The van der Waals surface area contributed by atoms with Gasteiger partial charge < -0.3 is 23.6 Å². The van der Waals surface area contributed by atoms with Gasteiger partial charge in [0.25, 0.3) is 0 Å². The Hall–Kier alpha value is -1.24. The summed E-state index contributed by atoms with van der Waals surface area (Å²) < 4.78 is 35.3. The molecular formula is C18H28N2O6P2. The van der Waals surface area contributed by atoms with Crippen molar-refractivity contribution in [2.45, 2.75) is 27.7 Å². The van der Waals surface area contributed by atoms with E-state index in [4.69, 9.17) is 18.1 Å². The van der Waals surface area contributed by atoms with Gasteiger partial charge in [0.15, 0.2) is 0 Å². The minimum Gasteiger partial charge on any atom is -0.412 e. The number of hydrogen-bond donors (Lipinski definition) is 0. The van der Waals surface area contributed by atoms with Gasteiger partial charge in [0.05, 0.1) is 43.1 Å². The van der Waals surface area contributed by atoms with Crippen LogP contribution in [0.4, 0.5) is 0 Å². The molecule has 0 aromatic carbocycles. The summed E-state index contributed by atoms with van der Waals surface area (Å²) in [5.41, 5.74) is 1.22. The third kappa shape index (κ3) is 6.39. The molecule has 0 saturated carbocycles. The van der Waals surface area contributed by atoms with Gasteiger partial charge in [-0.3, -0.25) is 14.5 Å². The monoisotopic (exact) mass is 430 g/mol. The lowest BCUT2D eigenvalue weighted by atomic mass is 10.2. The van der Waals surface area contributed by atoms with Gasteiger partial charge in [0.1, 0.15) is 0 Å². The van der Waals surface area contributed by atoms with E-state index < -0.39 is 16.0 Å². The Morgan fingerprint density at radius 3 is 1.93 bits per heavy atom. The third-order valence-corrected chi connectivity index (χ3v) is 7.16. The SMILES string of the molecule is CCOP(OCC)c1ccnc(-c2cc(P(=O)(OCC)OCC)ccn2)c1.O. The first-order valence-electron chi connectivity index (χ1n) is 8.96. The molecule has 0 spiro atoms. The lowest BCUT2D eigenvalue weighted by Crippen LogP contribution is -2.12. The van der Waals surface area contributed by atoms with Crippen LogP contribution in [0.25, 0.3) is 11.4 Å². The Labute approximate surface area is 167 Å². The van der Waals surface area contributed by atoms with Crippen molar-refractivity contribution in [1.82, 2.24) is 9.97 Å². The molecule has 0 atom stereocenters. The van der Waals surface area contributed by atoms with Crippen molar-refractivity contribution in [1.29, 1.82) is 0 Å². The second-order valence-corrected chi connectivity index (χ2v) is 8.80. The first-order chi connectivity index (χ1) is 13.1. The molecule has 0 radical (unpaired) electrons. The molecule has 10 heteroatoms. The summed E-state index contributed by atoms with van der Waals surface area (Å²) in [6.45, 7) is 9.11. The van der Waals surface area contributed by atoms with Crippen molar-refractivity contribution in [2.24, 2.45) is 0 Å². The maximum atomic E-state index is 13.0. The average Bonchev–Trinajstić information content (AvgIpc) is 2.68. The zero-order chi connectivity index (χ0) is 19.7. The van der Waals surface area contributed by atoms with Gasteiger partial charge in [-0.15, -0.1) is 0 Å². The molecule has 2 heterocycles. The van der Waals surface area contributed by atoms with E-state index in [0.29, 0.717) is 29.9 Å². The van der Waals surface area contributed by atoms with Crippen LogP contribution in [0.15, 0.2) is 36.7 Å². The highest BCUT2D eigenvalue weighted by Crippen LogP contribution is 2.47. The number of hydrogen-bond acceptors (Lipinski definition) is 7. The van der Waals surface area contributed by atoms with E-state index in [1.54, 1.807) is 38.4 Å². The van der Waals surface area contributed by atoms with Gasteiger partial charge in [-0.05, 0) is 52.0 Å². The second kappa shape index (κ2) is 12.3. The normalized spacial score (nSPS) is 11.5. The molecule has 8 nitrogen and oxygen atoms in total. The first-order valence-corrected chi connectivity index (χ1v) is 11.7. The molecule has 2 N–H and O–H groups in total. The second-order valence-electron chi connectivity index (χ2n) is 5.22. The fraction of sp³-hybridized carbons (Fsp3) is 0.444. The average molecular weight is 430 g/mol. The number of pyridine rings is 2. The van der Waals surface area contributed by atoms with Crippen molar-refractivity contribution in [2.75, 3.05) is 26.4 Å². The number of aromatic nitrogens is 2. The van der Waals surface area contributed by atoms with Crippen molar-refractivity contribution >= 4 is 26.6 Å². The smallest absolute Gasteiger partial charge is 0.361 e. The molecule has 0 aliphatic heterocycles. The molecule has 2 rings (SSSR count). The topological polar surface area (TPSA) is 111 Å².